The molecule has 150 valence electrons. The van der Waals surface area contributed by atoms with E-state index in [0.29, 0.717) is 13.2 Å². The van der Waals surface area contributed by atoms with E-state index in [1.807, 2.05) is 6.92 Å². The summed E-state index contributed by atoms with van der Waals surface area (Å²) in [5.41, 5.74) is 0.953. The Balaban J connectivity index is 1.99. The molecule has 2 rings (SSSR count). The third kappa shape index (κ3) is 6.40. The molecule has 0 saturated carbocycles. The second-order valence-electron chi connectivity index (χ2n) is 6.29. The second-order valence-corrected chi connectivity index (χ2v) is 8.00. The molecular weight excluding hydrogens is 372 g/mol. The number of amides is 1. The monoisotopic (exact) mass is 398 g/mol. The molecule has 27 heavy (non-hydrogen) atoms. The maximum absolute atomic E-state index is 12.5. The van der Waals surface area contributed by atoms with Gasteiger partial charge in [0.15, 0.2) is 0 Å². The van der Waals surface area contributed by atoms with Crippen molar-refractivity contribution < 1.29 is 27.8 Å². The van der Waals surface area contributed by atoms with Crippen molar-refractivity contribution in [2.75, 3.05) is 26.9 Å². The first-order valence-electron chi connectivity index (χ1n) is 8.65. The fourth-order valence-electron chi connectivity index (χ4n) is 2.62. The fourth-order valence-corrected chi connectivity index (χ4v) is 3.84. The average molecular weight is 398 g/mol. The van der Waals surface area contributed by atoms with Crippen LogP contribution in [0, 0.1) is 6.92 Å². The highest BCUT2D eigenvalue weighted by atomic mass is 32.2. The quantitative estimate of drug-likeness (QED) is 0.402. The molecule has 0 saturated heterocycles. The third-order valence-corrected chi connectivity index (χ3v) is 5.58. The fraction of sp³-hybridized carbons (Fsp3) is 0.500. The predicted octanol–water partition coefficient (Wildman–Crippen LogP) is 0.111. The van der Waals surface area contributed by atoms with Crippen LogP contribution >= 0.6 is 0 Å². The van der Waals surface area contributed by atoms with E-state index in [0.717, 1.165) is 5.56 Å². The molecule has 0 spiro atoms. The summed E-state index contributed by atoms with van der Waals surface area (Å²) in [5.74, 6) is -0.211. The minimum Gasteiger partial charge on any atom is -0.394 e. The van der Waals surface area contributed by atoms with Gasteiger partial charge in [-0.1, -0.05) is 29.8 Å². The number of ether oxygens (including phenoxy) is 2. The molecule has 0 fully saturated rings. The Morgan fingerprint density at radius 1 is 1.26 bits per heavy atom. The number of aryl methyl sites for hydroxylation is 1. The lowest BCUT2D eigenvalue weighted by Crippen LogP contribution is -2.49. The van der Waals surface area contributed by atoms with Crippen LogP contribution < -0.4 is 10.0 Å². The SMILES string of the molecule is COCCNC(=O)C[C@H]1C=C[C@@H](NS(=O)(=O)c2ccc(C)cc2)[C@H](CO)O1. The van der Waals surface area contributed by atoms with Crippen LogP contribution in [0.5, 0.6) is 0 Å². The van der Waals surface area contributed by atoms with Gasteiger partial charge in [0.1, 0.15) is 6.10 Å². The first-order chi connectivity index (χ1) is 12.9. The van der Waals surface area contributed by atoms with E-state index in [2.05, 4.69) is 10.0 Å². The molecular formula is C18H26N2O6S. The Morgan fingerprint density at radius 3 is 2.59 bits per heavy atom. The van der Waals surface area contributed by atoms with Gasteiger partial charge in [-0.2, -0.15) is 0 Å². The van der Waals surface area contributed by atoms with E-state index in [4.69, 9.17) is 9.47 Å². The Hall–Kier alpha value is -1.78. The largest absolute Gasteiger partial charge is 0.394 e. The lowest BCUT2D eigenvalue weighted by molar-refractivity contribution is -0.125. The van der Waals surface area contributed by atoms with Crippen LogP contribution in [0.25, 0.3) is 0 Å². The van der Waals surface area contributed by atoms with Crippen molar-refractivity contribution in [1.82, 2.24) is 10.0 Å². The van der Waals surface area contributed by atoms with Crippen molar-refractivity contribution in [1.29, 1.82) is 0 Å². The summed E-state index contributed by atoms with van der Waals surface area (Å²) in [6.07, 6.45) is 2.00. The number of carbonyl (C=O) groups excluding carboxylic acids is 1. The molecule has 3 atom stereocenters. The van der Waals surface area contributed by atoms with E-state index in [1.54, 1.807) is 31.4 Å². The number of methoxy groups -OCH3 is 1. The third-order valence-electron chi connectivity index (χ3n) is 4.10. The van der Waals surface area contributed by atoms with Crippen molar-refractivity contribution in [3.8, 4) is 0 Å². The lowest BCUT2D eigenvalue weighted by atomic mass is 10.1. The Labute approximate surface area is 159 Å². The standard InChI is InChI=1S/C18H26N2O6S/c1-13-3-6-15(7-4-13)27(23,24)20-16-8-5-14(26-17(16)12-21)11-18(22)19-9-10-25-2/h3-8,14,16-17,20-21H,9-12H2,1-2H3,(H,19,22)/t14-,16-,17+/m1/s1. The summed E-state index contributed by atoms with van der Waals surface area (Å²) in [6.45, 7) is 2.30. The minimum absolute atomic E-state index is 0.0775. The molecule has 0 radical (unpaired) electrons. The second kappa shape index (κ2) is 9.95. The Bertz CT molecular complexity index is 748. The van der Waals surface area contributed by atoms with Gasteiger partial charge in [0, 0.05) is 13.7 Å². The zero-order valence-corrected chi connectivity index (χ0v) is 16.2. The number of hydrogen-bond acceptors (Lipinski definition) is 6. The number of aliphatic hydroxyl groups excluding tert-OH is 1. The lowest BCUT2D eigenvalue weighted by Gasteiger charge is -2.31. The Kier molecular flexibility index (Phi) is 7.93. The van der Waals surface area contributed by atoms with Crippen LogP contribution in [-0.2, 0) is 24.3 Å². The molecule has 9 heteroatoms. The molecule has 0 aliphatic carbocycles. The van der Waals surface area contributed by atoms with Gasteiger partial charge in [-0.05, 0) is 19.1 Å². The van der Waals surface area contributed by atoms with Crippen LogP contribution in [0.4, 0.5) is 0 Å². The highest BCUT2D eigenvalue weighted by Crippen LogP contribution is 2.18. The summed E-state index contributed by atoms with van der Waals surface area (Å²) in [4.78, 5) is 12.0. The molecule has 1 aromatic carbocycles. The summed E-state index contributed by atoms with van der Waals surface area (Å²) in [6, 6.07) is 5.74. The van der Waals surface area contributed by atoms with E-state index < -0.39 is 28.3 Å². The molecule has 3 N–H and O–H groups in total. The first kappa shape index (κ1) is 21.5. The van der Waals surface area contributed by atoms with Crippen molar-refractivity contribution in [3.63, 3.8) is 0 Å². The summed E-state index contributed by atoms with van der Waals surface area (Å²) in [7, 11) is -2.22. The zero-order chi connectivity index (χ0) is 19.9. The minimum atomic E-state index is -3.76. The maximum Gasteiger partial charge on any atom is 0.241 e. The first-order valence-corrected chi connectivity index (χ1v) is 10.1. The van der Waals surface area contributed by atoms with E-state index >= 15 is 0 Å². The van der Waals surface area contributed by atoms with Crippen LogP contribution in [0.2, 0.25) is 0 Å². The summed E-state index contributed by atoms with van der Waals surface area (Å²) < 4.78 is 38.1. The number of sulfonamides is 1. The van der Waals surface area contributed by atoms with Gasteiger partial charge in [0.05, 0.1) is 36.7 Å². The highest BCUT2D eigenvalue weighted by Gasteiger charge is 2.31. The maximum atomic E-state index is 12.5. The molecule has 0 unspecified atom stereocenters. The van der Waals surface area contributed by atoms with Gasteiger partial charge in [0.25, 0.3) is 0 Å². The van der Waals surface area contributed by atoms with Crippen LogP contribution in [-0.4, -0.2) is 64.5 Å². The van der Waals surface area contributed by atoms with Crippen molar-refractivity contribution in [2.24, 2.45) is 0 Å². The van der Waals surface area contributed by atoms with Crippen LogP contribution in [0.1, 0.15) is 12.0 Å². The number of aliphatic hydroxyl groups is 1. The average Bonchev–Trinajstić information content (AvgIpc) is 2.63. The topological polar surface area (TPSA) is 114 Å². The molecule has 0 aromatic heterocycles. The van der Waals surface area contributed by atoms with Gasteiger partial charge in [-0.25, -0.2) is 13.1 Å². The predicted molar refractivity (Wildman–Crippen MR) is 99.7 cm³/mol. The van der Waals surface area contributed by atoms with Crippen LogP contribution in [0.3, 0.4) is 0 Å². The molecule has 8 nitrogen and oxygen atoms in total. The van der Waals surface area contributed by atoms with Gasteiger partial charge in [0.2, 0.25) is 15.9 Å². The number of nitrogens with one attached hydrogen (secondary N) is 2. The highest BCUT2D eigenvalue weighted by molar-refractivity contribution is 7.89. The number of rotatable bonds is 9. The number of benzene rings is 1. The van der Waals surface area contributed by atoms with Gasteiger partial charge >= 0.3 is 0 Å². The number of carbonyl (C=O) groups is 1. The normalized spacial score (nSPS) is 22.6. The molecule has 1 aliphatic rings. The van der Waals surface area contributed by atoms with Gasteiger partial charge in [-0.15, -0.1) is 0 Å². The van der Waals surface area contributed by atoms with E-state index in [9.17, 15) is 18.3 Å². The smallest absolute Gasteiger partial charge is 0.241 e. The molecule has 0 bridgehead atoms. The van der Waals surface area contributed by atoms with E-state index in [-0.39, 0.29) is 23.8 Å². The molecule has 1 heterocycles. The molecule has 1 aromatic rings. The number of hydrogen-bond donors (Lipinski definition) is 3. The van der Waals surface area contributed by atoms with Crippen molar-refractivity contribution in [2.45, 2.75) is 36.5 Å². The van der Waals surface area contributed by atoms with Crippen LogP contribution in [0.15, 0.2) is 41.3 Å². The Morgan fingerprint density at radius 2 is 1.96 bits per heavy atom. The van der Waals surface area contributed by atoms with Crippen molar-refractivity contribution in [3.05, 3.63) is 42.0 Å². The summed E-state index contributed by atoms with van der Waals surface area (Å²) >= 11 is 0. The summed E-state index contributed by atoms with van der Waals surface area (Å²) in [5, 5.41) is 12.3. The molecule has 1 aliphatic heterocycles. The van der Waals surface area contributed by atoms with Gasteiger partial charge < -0.3 is 19.9 Å². The van der Waals surface area contributed by atoms with Crippen molar-refractivity contribution >= 4 is 15.9 Å². The van der Waals surface area contributed by atoms with Gasteiger partial charge in [-0.3, -0.25) is 4.79 Å². The van der Waals surface area contributed by atoms with E-state index in [1.165, 1.54) is 12.1 Å². The molecule has 1 amide bonds. The zero-order valence-electron chi connectivity index (χ0n) is 15.4.